The Bertz CT molecular complexity index is 556. The summed E-state index contributed by atoms with van der Waals surface area (Å²) in [6.45, 7) is 14.2. The van der Waals surface area contributed by atoms with Gasteiger partial charge in [0.25, 0.3) is 0 Å². The predicted molar refractivity (Wildman–Crippen MR) is 143 cm³/mol. The van der Waals surface area contributed by atoms with E-state index in [9.17, 15) is 14.4 Å². The Morgan fingerprint density at radius 3 is 1.03 bits per heavy atom. The Kier molecular flexibility index (Phi) is 15.1. The van der Waals surface area contributed by atoms with E-state index in [1.54, 1.807) is 0 Å². The molecule has 0 amide bonds. The maximum absolute atomic E-state index is 11.6. The van der Waals surface area contributed by atoms with Crippen LogP contribution < -0.4 is 0 Å². The molecule has 0 atom stereocenters. The molecule has 2 aliphatic carbocycles. The first-order chi connectivity index (χ1) is 16.0. The van der Waals surface area contributed by atoms with E-state index in [1.165, 1.54) is 38.5 Å². The number of piperidine rings is 1. The van der Waals surface area contributed by atoms with E-state index >= 15 is 0 Å². The van der Waals surface area contributed by atoms with Gasteiger partial charge in [0.15, 0.2) is 0 Å². The van der Waals surface area contributed by atoms with Crippen LogP contribution in [0.25, 0.3) is 0 Å². The summed E-state index contributed by atoms with van der Waals surface area (Å²) < 4.78 is 0. The second-order valence-corrected chi connectivity index (χ2v) is 11.9. The van der Waals surface area contributed by atoms with Crippen molar-refractivity contribution in [2.24, 2.45) is 35.5 Å². The summed E-state index contributed by atoms with van der Waals surface area (Å²) in [6.07, 6.45) is 14.5. The Labute approximate surface area is 211 Å². The number of hydrogen-bond donors (Lipinski definition) is 0. The number of Topliss-reactive ketones (excluding diaryl/α,β-unsaturated/α-hetero) is 3. The van der Waals surface area contributed by atoms with E-state index in [0.29, 0.717) is 35.1 Å². The molecule has 1 aliphatic heterocycles. The lowest BCUT2D eigenvalue weighted by Gasteiger charge is -2.28. The third kappa shape index (κ3) is 11.6. The summed E-state index contributed by atoms with van der Waals surface area (Å²) >= 11 is 0. The minimum atomic E-state index is 0.221. The van der Waals surface area contributed by atoms with Crippen LogP contribution in [0.3, 0.4) is 0 Å². The fraction of sp³-hybridized carbons (Fsp3) is 0.900. The third-order valence-corrected chi connectivity index (χ3v) is 7.84. The molecule has 198 valence electrons. The zero-order chi connectivity index (χ0) is 25.7. The van der Waals surface area contributed by atoms with Gasteiger partial charge < -0.3 is 4.90 Å². The number of carbonyl (C=O) groups excluding carboxylic acids is 3. The lowest BCUT2D eigenvalue weighted by atomic mass is 9.83. The largest absolute Gasteiger partial charge is 0.306 e. The van der Waals surface area contributed by atoms with Crippen molar-refractivity contribution in [2.75, 3.05) is 20.1 Å². The number of rotatable bonds is 6. The minimum absolute atomic E-state index is 0.221. The Morgan fingerprint density at radius 2 is 0.765 bits per heavy atom. The molecule has 0 spiro atoms. The smallest absolute Gasteiger partial charge is 0.138 e. The van der Waals surface area contributed by atoms with Crippen molar-refractivity contribution in [3.05, 3.63) is 0 Å². The van der Waals surface area contributed by atoms with Crippen LogP contribution in [0, 0.1) is 35.5 Å². The van der Waals surface area contributed by atoms with Crippen LogP contribution in [0.5, 0.6) is 0 Å². The first-order valence-corrected chi connectivity index (χ1v) is 14.3. The van der Waals surface area contributed by atoms with E-state index in [2.05, 4.69) is 11.9 Å². The van der Waals surface area contributed by atoms with Gasteiger partial charge in [-0.3, -0.25) is 14.4 Å². The summed E-state index contributed by atoms with van der Waals surface area (Å²) in [6, 6.07) is 0. The summed E-state index contributed by atoms with van der Waals surface area (Å²) in [5, 5.41) is 0. The normalized spacial score (nSPS) is 21.0. The van der Waals surface area contributed by atoms with E-state index in [-0.39, 0.29) is 17.8 Å². The van der Waals surface area contributed by atoms with Crippen molar-refractivity contribution in [1.82, 2.24) is 4.90 Å². The fourth-order valence-electron chi connectivity index (χ4n) is 5.48. The lowest BCUT2D eigenvalue weighted by Crippen LogP contribution is -2.34. The van der Waals surface area contributed by atoms with Gasteiger partial charge in [-0.2, -0.15) is 0 Å². The molecule has 0 radical (unpaired) electrons. The number of nitrogens with zero attached hydrogens (tertiary/aromatic N) is 1. The molecule has 0 unspecified atom stereocenters. The highest BCUT2D eigenvalue weighted by Crippen LogP contribution is 2.27. The van der Waals surface area contributed by atoms with Crippen LogP contribution in [0.15, 0.2) is 0 Å². The zero-order valence-corrected chi connectivity index (χ0v) is 23.5. The lowest BCUT2D eigenvalue weighted by molar-refractivity contribution is -0.127. The number of carbonyl (C=O) groups is 3. The first-order valence-electron chi connectivity index (χ1n) is 14.3. The second-order valence-electron chi connectivity index (χ2n) is 11.9. The van der Waals surface area contributed by atoms with Gasteiger partial charge in [0.05, 0.1) is 0 Å². The fourth-order valence-corrected chi connectivity index (χ4v) is 5.48. The first kappa shape index (κ1) is 31.0. The molecule has 4 nitrogen and oxygen atoms in total. The average Bonchev–Trinajstić information content (AvgIpc) is 2.84. The van der Waals surface area contributed by atoms with Crippen LogP contribution in [0.2, 0.25) is 0 Å². The van der Waals surface area contributed by atoms with Gasteiger partial charge >= 0.3 is 0 Å². The molecule has 34 heavy (non-hydrogen) atoms. The molecule has 0 aromatic rings. The Morgan fingerprint density at radius 1 is 0.500 bits per heavy atom. The summed E-state index contributed by atoms with van der Waals surface area (Å²) in [7, 11) is 2.12. The molecular formula is C30H55NO3. The molecule has 0 aromatic heterocycles. The van der Waals surface area contributed by atoms with Crippen molar-refractivity contribution in [3.63, 3.8) is 0 Å². The summed E-state index contributed by atoms with van der Waals surface area (Å²) in [4.78, 5) is 36.9. The number of hydrogen-bond acceptors (Lipinski definition) is 4. The zero-order valence-electron chi connectivity index (χ0n) is 23.5. The Hall–Kier alpha value is -1.03. The highest BCUT2D eigenvalue weighted by molar-refractivity contribution is 5.83. The van der Waals surface area contributed by atoms with Gasteiger partial charge in [0.1, 0.15) is 17.3 Å². The highest BCUT2D eigenvalue weighted by Gasteiger charge is 2.25. The average molecular weight is 478 g/mol. The molecule has 3 aliphatic rings. The standard InChI is InChI=1S/C10H19NO.2C10H18O/c1-8(2)10(12)9-4-6-11(3)7-5-9;2*1-8(2)10(11)9-6-4-3-5-7-9/h8-9H,4-7H2,1-3H3;2*8-9H,3-7H2,1-2H3. The van der Waals surface area contributed by atoms with Gasteiger partial charge in [-0.25, -0.2) is 0 Å². The molecule has 0 N–H and O–H groups in total. The molecule has 0 bridgehead atoms. The molecule has 4 heteroatoms. The number of likely N-dealkylation sites (tertiary alicyclic amines) is 1. The van der Waals surface area contributed by atoms with E-state index < -0.39 is 0 Å². The molecule has 1 heterocycles. The van der Waals surface area contributed by atoms with Crippen LogP contribution in [0.4, 0.5) is 0 Å². The monoisotopic (exact) mass is 477 g/mol. The van der Waals surface area contributed by atoms with Crippen LogP contribution in [-0.2, 0) is 14.4 Å². The van der Waals surface area contributed by atoms with Crippen LogP contribution in [-0.4, -0.2) is 42.4 Å². The van der Waals surface area contributed by atoms with Crippen molar-refractivity contribution in [2.45, 2.75) is 119 Å². The van der Waals surface area contributed by atoms with Crippen LogP contribution in [0.1, 0.15) is 119 Å². The molecule has 1 saturated heterocycles. The van der Waals surface area contributed by atoms with Crippen molar-refractivity contribution in [1.29, 1.82) is 0 Å². The van der Waals surface area contributed by atoms with Gasteiger partial charge in [0, 0.05) is 35.5 Å². The number of ketones is 3. The quantitative estimate of drug-likeness (QED) is 0.408. The van der Waals surface area contributed by atoms with Crippen molar-refractivity contribution < 1.29 is 14.4 Å². The Balaban J connectivity index is 0.000000255. The third-order valence-electron chi connectivity index (χ3n) is 7.84. The molecule has 2 saturated carbocycles. The van der Waals surface area contributed by atoms with Gasteiger partial charge in [-0.15, -0.1) is 0 Å². The van der Waals surface area contributed by atoms with Crippen molar-refractivity contribution in [3.8, 4) is 0 Å². The maximum atomic E-state index is 11.6. The van der Waals surface area contributed by atoms with E-state index in [1.807, 2.05) is 41.5 Å². The van der Waals surface area contributed by atoms with E-state index in [4.69, 9.17) is 0 Å². The topological polar surface area (TPSA) is 54.5 Å². The highest BCUT2D eigenvalue weighted by atomic mass is 16.1. The SMILES string of the molecule is CC(C)C(=O)C1CCCCC1.CC(C)C(=O)C1CCCCC1.CC(C)C(=O)C1CCN(C)CC1. The van der Waals surface area contributed by atoms with Gasteiger partial charge in [-0.1, -0.05) is 80.1 Å². The maximum Gasteiger partial charge on any atom is 0.138 e. The van der Waals surface area contributed by atoms with Gasteiger partial charge in [-0.05, 0) is 58.7 Å². The molecular weight excluding hydrogens is 422 g/mol. The predicted octanol–water partition coefficient (Wildman–Crippen LogP) is 7.14. The van der Waals surface area contributed by atoms with Crippen molar-refractivity contribution >= 4 is 17.3 Å². The molecule has 0 aromatic carbocycles. The second kappa shape index (κ2) is 16.6. The van der Waals surface area contributed by atoms with E-state index in [0.717, 1.165) is 51.6 Å². The minimum Gasteiger partial charge on any atom is -0.306 e. The molecule has 3 fully saturated rings. The molecule has 3 rings (SSSR count). The summed E-state index contributed by atoms with van der Waals surface area (Å²) in [5.41, 5.74) is 0. The summed E-state index contributed by atoms with van der Waals surface area (Å²) in [5.74, 6) is 3.32. The van der Waals surface area contributed by atoms with Crippen LogP contribution >= 0.6 is 0 Å². The van der Waals surface area contributed by atoms with Gasteiger partial charge in [0.2, 0.25) is 0 Å².